The van der Waals surface area contributed by atoms with Gasteiger partial charge in [0.25, 0.3) is 0 Å². The Morgan fingerprint density at radius 1 is 0.309 bits per heavy atom. The molecule has 0 fully saturated rings. The molecule has 1 atom stereocenters. The van der Waals surface area contributed by atoms with Crippen LogP contribution >= 0.6 is 0 Å². The van der Waals surface area contributed by atoms with E-state index in [2.05, 4.69) is 130 Å². The van der Waals surface area contributed by atoms with Crippen LogP contribution in [0.2, 0.25) is 0 Å². The zero-order chi connectivity index (χ0) is 49.3. The molecule has 0 aromatic rings. The lowest BCUT2D eigenvalue weighted by Crippen LogP contribution is -2.30. The average molecular weight is 943 g/mol. The van der Waals surface area contributed by atoms with E-state index in [9.17, 15) is 14.4 Å². The lowest BCUT2D eigenvalue weighted by Gasteiger charge is -2.18. The van der Waals surface area contributed by atoms with Crippen molar-refractivity contribution in [3.8, 4) is 0 Å². The molecule has 0 radical (unpaired) electrons. The van der Waals surface area contributed by atoms with Crippen LogP contribution in [0.4, 0.5) is 0 Å². The fourth-order valence-electron chi connectivity index (χ4n) is 7.36. The molecule has 0 spiro atoms. The Hall–Kier alpha value is -3.93. The maximum Gasteiger partial charge on any atom is 0.306 e. The molecule has 0 saturated carbocycles. The number of rotatable bonds is 49. The van der Waals surface area contributed by atoms with E-state index in [0.717, 1.165) is 161 Å². The SMILES string of the molecule is CC/C=C\C/C=C\C/C=C\C/C=C\CCCCCCCCC(=O)OCC(COC(=O)CCCCCCC/C=C\C/C=C\C/C=C\CC)OC(=O)CCCCCCC/C=C\C/C=C\CCCCCC. The first kappa shape index (κ1) is 64.1. The predicted octanol–water partition coefficient (Wildman–Crippen LogP) is 18.7. The molecule has 6 nitrogen and oxygen atoms in total. The van der Waals surface area contributed by atoms with Gasteiger partial charge in [0.1, 0.15) is 13.2 Å². The number of carbonyl (C=O) groups is 3. The molecule has 0 aliphatic rings. The van der Waals surface area contributed by atoms with Gasteiger partial charge in [-0.3, -0.25) is 14.4 Å². The Kier molecular flexibility index (Phi) is 52.4. The topological polar surface area (TPSA) is 78.9 Å². The fraction of sp³-hybridized carbons (Fsp3) is 0.661. The molecule has 386 valence electrons. The Labute approximate surface area is 419 Å². The first-order chi connectivity index (χ1) is 33.5. The largest absolute Gasteiger partial charge is 0.462 e. The molecule has 0 saturated heterocycles. The summed E-state index contributed by atoms with van der Waals surface area (Å²) in [7, 11) is 0. The van der Waals surface area contributed by atoms with E-state index < -0.39 is 6.10 Å². The third-order valence-corrected chi connectivity index (χ3v) is 11.5. The molecule has 0 aromatic carbocycles. The van der Waals surface area contributed by atoms with Crippen molar-refractivity contribution in [1.29, 1.82) is 0 Å². The van der Waals surface area contributed by atoms with E-state index in [1.807, 2.05) is 0 Å². The summed E-state index contributed by atoms with van der Waals surface area (Å²) < 4.78 is 16.8. The van der Waals surface area contributed by atoms with E-state index in [0.29, 0.717) is 19.3 Å². The summed E-state index contributed by atoms with van der Waals surface area (Å²) in [5, 5.41) is 0. The maximum atomic E-state index is 12.8. The van der Waals surface area contributed by atoms with Gasteiger partial charge in [0, 0.05) is 19.3 Å². The van der Waals surface area contributed by atoms with Crippen LogP contribution in [-0.4, -0.2) is 37.2 Å². The standard InChI is InChI=1S/C62H102O6/c1-4-7-10-13-16-19-22-25-28-30-31-32-35-37-40-43-46-49-52-55-61(64)67-58-59(57-66-60(63)54-51-48-45-42-39-36-33-27-24-21-18-15-12-9-6-3)68-62(65)56-53-50-47-44-41-38-34-29-26-23-20-17-14-11-8-5-2/h7,9-10,12,16,18-21,23,25,27-29,31-34,59H,4-6,8,11,13-15,17,22,24,26,30,35-58H2,1-3H3/b10-7-,12-9-,19-16-,21-18-,23-20-,28-25-,32-31-,33-27-,34-29-. The number of ether oxygens (including phenoxy) is 3. The van der Waals surface area contributed by atoms with E-state index >= 15 is 0 Å². The van der Waals surface area contributed by atoms with Gasteiger partial charge in [-0.05, 0) is 122 Å². The summed E-state index contributed by atoms with van der Waals surface area (Å²) in [5.41, 5.74) is 0. The van der Waals surface area contributed by atoms with Crippen molar-refractivity contribution < 1.29 is 28.6 Å². The first-order valence-electron chi connectivity index (χ1n) is 27.9. The van der Waals surface area contributed by atoms with Crippen LogP contribution in [0.15, 0.2) is 109 Å². The molecule has 0 amide bonds. The number of hydrogen-bond acceptors (Lipinski definition) is 6. The molecule has 0 N–H and O–H groups in total. The van der Waals surface area contributed by atoms with Gasteiger partial charge in [-0.15, -0.1) is 0 Å². The van der Waals surface area contributed by atoms with Crippen molar-refractivity contribution in [3.63, 3.8) is 0 Å². The molecule has 0 heterocycles. The average Bonchev–Trinajstić information content (AvgIpc) is 3.34. The summed E-state index contributed by atoms with van der Waals surface area (Å²) in [6, 6.07) is 0. The van der Waals surface area contributed by atoms with Gasteiger partial charge in [-0.2, -0.15) is 0 Å². The lowest BCUT2D eigenvalue weighted by atomic mass is 10.1. The van der Waals surface area contributed by atoms with Crippen LogP contribution in [0.1, 0.15) is 245 Å². The number of hydrogen-bond donors (Lipinski definition) is 0. The van der Waals surface area contributed by atoms with Crippen LogP contribution in [-0.2, 0) is 28.6 Å². The van der Waals surface area contributed by atoms with Crippen LogP contribution < -0.4 is 0 Å². The Bertz CT molecular complexity index is 1410. The minimum Gasteiger partial charge on any atom is -0.462 e. The molecular formula is C62H102O6. The maximum absolute atomic E-state index is 12.8. The van der Waals surface area contributed by atoms with E-state index in [1.165, 1.54) is 44.9 Å². The van der Waals surface area contributed by atoms with Gasteiger partial charge in [0.05, 0.1) is 0 Å². The highest BCUT2D eigenvalue weighted by atomic mass is 16.6. The van der Waals surface area contributed by atoms with Gasteiger partial charge < -0.3 is 14.2 Å². The normalized spacial score (nSPS) is 12.9. The second-order valence-electron chi connectivity index (χ2n) is 18.1. The van der Waals surface area contributed by atoms with Crippen molar-refractivity contribution >= 4 is 17.9 Å². The van der Waals surface area contributed by atoms with Crippen molar-refractivity contribution in [1.82, 2.24) is 0 Å². The number of esters is 3. The third kappa shape index (κ3) is 53.0. The van der Waals surface area contributed by atoms with Crippen LogP contribution in [0.25, 0.3) is 0 Å². The van der Waals surface area contributed by atoms with Gasteiger partial charge in [-0.1, -0.05) is 214 Å². The molecule has 0 aromatic heterocycles. The Balaban J connectivity index is 4.47. The quantitative estimate of drug-likeness (QED) is 0.0262. The van der Waals surface area contributed by atoms with E-state index in [-0.39, 0.29) is 31.1 Å². The minimum atomic E-state index is -0.801. The minimum absolute atomic E-state index is 0.0988. The second kappa shape index (κ2) is 55.7. The summed E-state index contributed by atoms with van der Waals surface area (Å²) in [4.78, 5) is 38.1. The van der Waals surface area contributed by atoms with Gasteiger partial charge in [0.15, 0.2) is 6.10 Å². The number of unbranched alkanes of at least 4 members (excludes halogenated alkanes) is 20. The van der Waals surface area contributed by atoms with Crippen LogP contribution in [0, 0.1) is 0 Å². The summed E-state index contributed by atoms with van der Waals surface area (Å²) >= 11 is 0. The Morgan fingerprint density at radius 2 is 0.574 bits per heavy atom. The zero-order valence-electron chi connectivity index (χ0n) is 44.1. The fourth-order valence-corrected chi connectivity index (χ4v) is 7.36. The van der Waals surface area contributed by atoms with Crippen LogP contribution in [0.3, 0.4) is 0 Å². The molecule has 1 unspecified atom stereocenters. The second-order valence-corrected chi connectivity index (χ2v) is 18.1. The highest BCUT2D eigenvalue weighted by molar-refractivity contribution is 5.71. The van der Waals surface area contributed by atoms with Crippen molar-refractivity contribution in [2.45, 2.75) is 252 Å². The first-order valence-corrected chi connectivity index (χ1v) is 27.9. The number of allylic oxidation sites excluding steroid dienone is 18. The van der Waals surface area contributed by atoms with Gasteiger partial charge >= 0.3 is 17.9 Å². The van der Waals surface area contributed by atoms with Gasteiger partial charge in [-0.25, -0.2) is 0 Å². The van der Waals surface area contributed by atoms with Crippen molar-refractivity contribution in [2.75, 3.05) is 13.2 Å². The summed E-state index contributed by atoms with van der Waals surface area (Å²) in [6.45, 7) is 6.36. The molecular weight excluding hydrogens is 841 g/mol. The van der Waals surface area contributed by atoms with E-state index in [1.54, 1.807) is 0 Å². The molecule has 0 bridgehead atoms. The molecule has 0 aliphatic heterocycles. The smallest absolute Gasteiger partial charge is 0.306 e. The monoisotopic (exact) mass is 943 g/mol. The molecule has 68 heavy (non-hydrogen) atoms. The molecule has 6 heteroatoms. The van der Waals surface area contributed by atoms with Crippen molar-refractivity contribution in [3.05, 3.63) is 109 Å². The zero-order valence-corrected chi connectivity index (χ0v) is 44.1. The lowest BCUT2D eigenvalue weighted by molar-refractivity contribution is -0.167. The molecule has 0 aliphatic carbocycles. The van der Waals surface area contributed by atoms with Crippen molar-refractivity contribution in [2.24, 2.45) is 0 Å². The van der Waals surface area contributed by atoms with Crippen LogP contribution in [0.5, 0.6) is 0 Å². The summed E-state index contributed by atoms with van der Waals surface area (Å²) in [5.74, 6) is -0.943. The molecule has 0 rings (SSSR count). The van der Waals surface area contributed by atoms with Gasteiger partial charge in [0.2, 0.25) is 0 Å². The third-order valence-electron chi connectivity index (χ3n) is 11.5. The predicted molar refractivity (Wildman–Crippen MR) is 293 cm³/mol. The summed E-state index contributed by atoms with van der Waals surface area (Å²) in [6.07, 6.45) is 75.0. The highest BCUT2D eigenvalue weighted by Gasteiger charge is 2.19. The number of carbonyl (C=O) groups excluding carboxylic acids is 3. The Morgan fingerprint density at radius 3 is 0.897 bits per heavy atom. The highest BCUT2D eigenvalue weighted by Crippen LogP contribution is 2.14. The van der Waals surface area contributed by atoms with E-state index in [4.69, 9.17) is 14.2 Å².